The van der Waals surface area contributed by atoms with Crippen LogP contribution in [0.4, 0.5) is 5.82 Å². The number of aromatic amines is 1. The minimum Gasteiger partial charge on any atom is -0.369 e. The summed E-state index contributed by atoms with van der Waals surface area (Å²) in [5.41, 5.74) is 7.73. The average Bonchev–Trinajstić information content (AvgIpc) is 3.27. The minimum absolute atomic E-state index is 0.289. The number of allylic oxidation sites excluding steroid dienone is 2. The Morgan fingerprint density at radius 1 is 1.38 bits per heavy atom. The zero-order chi connectivity index (χ0) is 20.2. The monoisotopic (exact) mass is 391 g/mol. The van der Waals surface area contributed by atoms with E-state index in [1.165, 1.54) is 6.33 Å². The molecule has 0 aliphatic heterocycles. The van der Waals surface area contributed by atoms with Crippen LogP contribution >= 0.6 is 0 Å². The SMILES string of the molecule is NC(=O)c1cccc2c(NCC3CC=C/C(=N\C(O)c4ccn[nH]4)C3)ncnc12. The molecule has 148 valence electrons. The molecule has 0 radical (unpaired) electrons. The van der Waals surface area contributed by atoms with E-state index < -0.39 is 12.1 Å². The fourth-order valence-electron chi connectivity index (χ4n) is 3.40. The van der Waals surface area contributed by atoms with Crippen LogP contribution < -0.4 is 11.1 Å². The second-order valence-electron chi connectivity index (χ2n) is 6.88. The van der Waals surface area contributed by atoms with Gasteiger partial charge in [0, 0.05) is 23.8 Å². The van der Waals surface area contributed by atoms with Crippen LogP contribution in [0.25, 0.3) is 10.9 Å². The molecule has 0 saturated heterocycles. The van der Waals surface area contributed by atoms with Crippen LogP contribution in [0.3, 0.4) is 0 Å². The summed E-state index contributed by atoms with van der Waals surface area (Å²) in [6.07, 6.45) is 7.66. The molecule has 29 heavy (non-hydrogen) atoms. The highest BCUT2D eigenvalue weighted by molar-refractivity contribution is 6.06. The lowest BCUT2D eigenvalue weighted by atomic mass is 9.93. The number of aliphatic hydroxyl groups is 1. The molecule has 0 saturated carbocycles. The number of primary amides is 1. The highest BCUT2D eigenvalue weighted by atomic mass is 16.3. The number of hydrogen-bond acceptors (Lipinski definition) is 7. The van der Waals surface area contributed by atoms with Gasteiger partial charge in [0.1, 0.15) is 12.1 Å². The predicted octanol–water partition coefficient (Wildman–Crippen LogP) is 1.96. The number of H-pyrrole nitrogens is 1. The van der Waals surface area contributed by atoms with Crippen LogP contribution in [-0.4, -0.2) is 43.4 Å². The number of nitrogens with one attached hydrogen (secondary N) is 2. The number of para-hydroxylation sites is 1. The number of amides is 1. The van der Waals surface area contributed by atoms with Gasteiger partial charge >= 0.3 is 0 Å². The summed E-state index contributed by atoms with van der Waals surface area (Å²) in [7, 11) is 0. The van der Waals surface area contributed by atoms with Crippen LogP contribution in [-0.2, 0) is 0 Å². The van der Waals surface area contributed by atoms with Crippen LogP contribution in [0.5, 0.6) is 0 Å². The summed E-state index contributed by atoms with van der Waals surface area (Å²) >= 11 is 0. The lowest BCUT2D eigenvalue weighted by molar-refractivity contribution is 0.100. The van der Waals surface area contributed by atoms with E-state index in [4.69, 9.17) is 5.73 Å². The molecule has 2 aromatic heterocycles. The van der Waals surface area contributed by atoms with Crippen LogP contribution in [0.15, 0.2) is 53.9 Å². The summed E-state index contributed by atoms with van der Waals surface area (Å²) in [6.45, 7) is 0.663. The number of benzene rings is 1. The molecule has 9 heteroatoms. The Morgan fingerprint density at radius 2 is 2.28 bits per heavy atom. The molecule has 5 N–H and O–H groups in total. The van der Waals surface area contributed by atoms with Crippen molar-refractivity contribution in [2.75, 3.05) is 11.9 Å². The van der Waals surface area contributed by atoms with Gasteiger partial charge in [-0.2, -0.15) is 5.10 Å². The number of nitrogens with zero attached hydrogens (tertiary/aromatic N) is 4. The summed E-state index contributed by atoms with van der Waals surface area (Å²) < 4.78 is 0. The minimum atomic E-state index is -0.957. The van der Waals surface area contributed by atoms with Crippen LogP contribution in [0.2, 0.25) is 0 Å². The smallest absolute Gasteiger partial charge is 0.250 e. The van der Waals surface area contributed by atoms with Crippen LogP contribution in [0, 0.1) is 5.92 Å². The Hall–Kier alpha value is -3.59. The van der Waals surface area contributed by atoms with E-state index in [9.17, 15) is 9.90 Å². The van der Waals surface area contributed by atoms with Gasteiger partial charge in [-0.15, -0.1) is 0 Å². The molecule has 1 aliphatic carbocycles. The summed E-state index contributed by atoms with van der Waals surface area (Å²) in [5, 5.41) is 20.8. The van der Waals surface area contributed by atoms with Gasteiger partial charge in [-0.25, -0.2) is 9.97 Å². The van der Waals surface area contributed by atoms with Crippen molar-refractivity contribution in [1.29, 1.82) is 0 Å². The maximum Gasteiger partial charge on any atom is 0.250 e. The number of rotatable bonds is 6. The van der Waals surface area contributed by atoms with Gasteiger partial charge in [0.05, 0.1) is 16.8 Å². The van der Waals surface area contributed by atoms with Gasteiger partial charge < -0.3 is 16.2 Å². The average molecular weight is 391 g/mol. The van der Waals surface area contributed by atoms with Gasteiger partial charge in [-0.3, -0.25) is 14.9 Å². The Balaban J connectivity index is 1.46. The lowest BCUT2D eigenvalue weighted by Gasteiger charge is -2.21. The number of carbonyl (C=O) groups excluding carboxylic acids is 1. The second-order valence-corrected chi connectivity index (χ2v) is 6.88. The van der Waals surface area contributed by atoms with Crippen molar-refractivity contribution in [1.82, 2.24) is 20.2 Å². The molecule has 1 aliphatic rings. The second kappa shape index (κ2) is 8.19. The van der Waals surface area contributed by atoms with E-state index in [0.717, 1.165) is 23.9 Å². The molecule has 1 amide bonds. The third kappa shape index (κ3) is 4.14. The van der Waals surface area contributed by atoms with Crippen molar-refractivity contribution >= 4 is 28.3 Å². The summed E-state index contributed by atoms with van der Waals surface area (Å²) in [5.74, 6) is 0.426. The Kier molecular flexibility index (Phi) is 5.30. The first kappa shape index (κ1) is 18.8. The Bertz CT molecular complexity index is 1080. The first-order valence-corrected chi connectivity index (χ1v) is 9.30. The van der Waals surface area contributed by atoms with Crippen molar-refractivity contribution in [2.24, 2.45) is 16.6 Å². The van der Waals surface area contributed by atoms with E-state index in [1.807, 2.05) is 12.1 Å². The first-order chi connectivity index (χ1) is 14.1. The van der Waals surface area contributed by atoms with E-state index in [1.54, 1.807) is 24.4 Å². The predicted molar refractivity (Wildman–Crippen MR) is 109 cm³/mol. The number of anilines is 1. The van der Waals surface area contributed by atoms with Gasteiger partial charge in [-0.1, -0.05) is 12.1 Å². The molecule has 0 fully saturated rings. The molecule has 2 heterocycles. The van der Waals surface area contributed by atoms with Crippen molar-refractivity contribution in [3.05, 3.63) is 60.2 Å². The van der Waals surface area contributed by atoms with Crippen molar-refractivity contribution < 1.29 is 9.90 Å². The molecule has 9 nitrogen and oxygen atoms in total. The number of carbonyl (C=O) groups is 1. The van der Waals surface area contributed by atoms with E-state index in [-0.39, 0.29) is 5.92 Å². The first-order valence-electron chi connectivity index (χ1n) is 9.30. The number of nitrogens with two attached hydrogens (primary N) is 1. The quantitative estimate of drug-likeness (QED) is 0.506. The van der Waals surface area contributed by atoms with Crippen molar-refractivity contribution in [3.8, 4) is 0 Å². The molecule has 0 bridgehead atoms. The normalized spacial score (nSPS) is 18.8. The number of fused-ring (bicyclic) bond motifs is 1. The van der Waals surface area contributed by atoms with Crippen molar-refractivity contribution in [2.45, 2.75) is 19.1 Å². The number of aliphatic imine (C=N–C) groups is 1. The maximum absolute atomic E-state index is 11.6. The Labute approximate surface area is 166 Å². The van der Waals surface area contributed by atoms with Gasteiger partial charge in [0.2, 0.25) is 0 Å². The zero-order valence-corrected chi connectivity index (χ0v) is 15.6. The molecule has 0 spiro atoms. The summed E-state index contributed by atoms with van der Waals surface area (Å²) in [6, 6.07) is 6.97. The molecule has 2 unspecified atom stereocenters. The third-order valence-electron chi connectivity index (χ3n) is 4.85. The van der Waals surface area contributed by atoms with E-state index in [2.05, 4.69) is 36.6 Å². The van der Waals surface area contributed by atoms with Crippen molar-refractivity contribution in [3.63, 3.8) is 0 Å². The molecule has 2 atom stereocenters. The topological polar surface area (TPSA) is 142 Å². The third-order valence-corrected chi connectivity index (χ3v) is 4.85. The number of aromatic nitrogens is 4. The highest BCUT2D eigenvalue weighted by Crippen LogP contribution is 2.24. The standard InChI is InChI=1S/C20H21N7O2/c21-18(28)14-5-2-6-15-17(14)23-11-24-19(15)22-10-12-3-1-4-13(9-12)26-20(29)16-7-8-25-27-16/h1-2,4-8,11-12,20,29H,3,9-10H2,(H2,21,28)(H,25,27)(H,22,23,24)/b26-13+. The van der Waals surface area contributed by atoms with Crippen LogP contribution in [0.1, 0.15) is 35.1 Å². The van der Waals surface area contributed by atoms with Gasteiger partial charge in [-0.05, 0) is 43.0 Å². The molecule has 3 aromatic rings. The van der Waals surface area contributed by atoms with E-state index in [0.29, 0.717) is 29.1 Å². The largest absolute Gasteiger partial charge is 0.369 e. The molecular formula is C20H21N7O2. The highest BCUT2D eigenvalue weighted by Gasteiger charge is 2.17. The number of hydrogen-bond donors (Lipinski definition) is 4. The fourth-order valence-corrected chi connectivity index (χ4v) is 3.40. The lowest BCUT2D eigenvalue weighted by Crippen LogP contribution is -2.21. The number of aliphatic hydroxyl groups excluding tert-OH is 1. The molecular weight excluding hydrogens is 370 g/mol. The Morgan fingerprint density at radius 3 is 3.07 bits per heavy atom. The van der Waals surface area contributed by atoms with Gasteiger partial charge in [0.25, 0.3) is 5.91 Å². The molecule has 4 rings (SSSR count). The maximum atomic E-state index is 11.6. The fraction of sp³-hybridized carbons (Fsp3) is 0.250. The zero-order valence-electron chi connectivity index (χ0n) is 15.6. The summed E-state index contributed by atoms with van der Waals surface area (Å²) in [4.78, 5) is 24.5. The molecule has 1 aromatic carbocycles. The van der Waals surface area contributed by atoms with E-state index >= 15 is 0 Å². The van der Waals surface area contributed by atoms with Gasteiger partial charge in [0.15, 0.2) is 6.23 Å².